The number of morpholine rings is 1. The summed E-state index contributed by atoms with van der Waals surface area (Å²) in [6.07, 6.45) is 0. The largest absolute Gasteiger partial charge is 0.497 e. The molecular formula is C10H21N2O3+. The average molecular weight is 217 g/mol. The van der Waals surface area contributed by atoms with Crippen molar-refractivity contribution in [3.8, 4) is 0 Å². The van der Waals surface area contributed by atoms with Crippen LogP contribution >= 0.6 is 0 Å². The molecule has 5 heteroatoms. The number of carbonyl (C=O) groups excluding carboxylic acids is 1. The number of hydrogen-bond acceptors (Lipinski definition) is 4. The van der Waals surface area contributed by atoms with Gasteiger partial charge in [0.15, 0.2) is 13.2 Å². The Balaban J connectivity index is 1.93. The molecule has 0 aromatic heterocycles. The van der Waals surface area contributed by atoms with Crippen molar-refractivity contribution in [2.24, 2.45) is 0 Å². The van der Waals surface area contributed by atoms with Crippen LogP contribution in [-0.2, 0) is 9.47 Å². The summed E-state index contributed by atoms with van der Waals surface area (Å²) in [5.74, 6) is 0.0690. The molecule has 0 atom stereocenters. The van der Waals surface area contributed by atoms with Crippen LogP contribution in [0.3, 0.4) is 0 Å². The Hall–Kier alpha value is -0.650. The quantitative estimate of drug-likeness (QED) is 0.368. The number of hydrogen-bond donors (Lipinski definition) is 1. The van der Waals surface area contributed by atoms with Gasteiger partial charge in [-0.1, -0.05) is 0 Å². The fraction of sp³-hybridized carbons (Fsp3) is 0.900. The van der Waals surface area contributed by atoms with Crippen LogP contribution in [0, 0.1) is 0 Å². The van der Waals surface area contributed by atoms with Gasteiger partial charge >= 0.3 is 5.97 Å². The third-order valence-corrected chi connectivity index (χ3v) is 2.30. The van der Waals surface area contributed by atoms with E-state index in [1.807, 2.05) is 6.92 Å². The molecule has 0 saturated carbocycles. The Morgan fingerprint density at radius 1 is 1.47 bits per heavy atom. The molecule has 0 bridgehead atoms. The highest BCUT2D eigenvalue weighted by Gasteiger charge is 2.11. The molecule has 1 aliphatic rings. The minimum absolute atomic E-state index is 0.0690. The molecule has 1 saturated heterocycles. The van der Waals surface area contributed by atoms with Gasteiger partial charge in [-0.2, -0.15) is 0 Å². The van der Waals surface area contributed by atoms with Crippen molar-refractivity contribution in [1.82, 2.24) is 10.2 Å². The Bertz CT molecular complexity index is 182. The molecular weight excluding hydrogens is 196 g/mol. The zero-order valence-corrected chi connectivity index (χ0v) is 9.37. The molecule has 5 nitrogen and oxygen atoms in total. The lowest BCUT2D eigenvalue weighted by molar-refractivity contribution is 0.0385. The number of esters is 1. The maximum absolute atomic E-state index is 9.18. The second-order valence-corrected chi connectivity index (χ2v) is 3.46. The molecule has 0 aromatic rings. The van der Waals surface area contributed by atoms with Gasteiger partial charge in [0.25, 0.3) is 0 Å². The molecule has 0 aromatic carbocycles. The van der Waals surface area contributed by atoms with Gasteiger partial charge in [0.1, 0.15) is 0 Å². The molecule has 0 radical (unpaired) electrons. The lowest BCUT2D eigenvalue weighted by atomic mass is 10.4. The summed E-state index contributed by atoms with van der Waals surface area (Å²) in [7, 11) is 0. The van der Waals surface area contributed by atoms with Crippen LogP contribution in [0.4, 0.5) is 0 Å². The summed E-state index contributed by atoms with van der Waals surface area (Å²) in [5.41, 5.74) is 0. The second-order valence-electron chi connectivity index (χ2n) is 3.46. The van der Waals surface area contributed by atoms with Crippen LogP contribution < -0.4 is 5.32 Å². The van der Waals surface area contributed by atoms with E-state index in [4.69, 9.17) is 9.47 Å². The predicted molar refractivity (Wildman–Crippen MR) is 58.7 cm³/mol. The molecule has 0 aliphatic carbocycles. The molecule has 0 spiro atoms. The molecule has 15 heavy (non-hydrogen) atoms. The summed E-state index contributed by atoms with van der Waals surface area (Å²) in [6.45, 7) is 8.29. The Labute approximate surface area is 90.7 Å². The molecule has 1 rings (SSSR count). The Morgan fingerprint density at radius 3 is 2.87 bits per heavy atom. The van der Waals surface area contributed by atoms with Gasteiger partial charge < -0.3 is 19.6 Å². The van der Waals surface area contributed by atoms with Crippen molar-refractivity contribution in [3.05, 3.63) is 0 Å². The van der Waals surface area contributed by atoms with Gasteiger partial charge in [-0.25, -0.2) is 0 Å². The first-order valence-corrected chi connectivity index (χ1v) is 5.51. The highest BCUT2D eigenvalue weighted by atomic mass is 16.5. The van der Waals surface area contributed by atoms with Crippen LogP contribution in [0.25, 0.3) is 0 Å². The van der Waals surface area contributed by atoms with Gasteiger partial charge in [-0.3, -0.25) is 4.90 Å². The first kappa shape index (κ1) is 12.4. The van der Waals surface area contributed by atoms with Crippen molar-refractivity contribution >= 4 is 5.97 Å². The molecule has 1 heterocycles. The Kier molecular flexibility index (Phi) is 6.31. The van der Waals surface area contributed by atoms with E-state index < -0.39 is 0 Å². The third kappa shape index (κ3) is 5.71. The summed E-state index contributed by atoms with van der Waals surface area (Å²) in [5, 5.41) is 3.12. The van der Waals surface area contributed by atoms with Crippen LogP contribution in [0.1, 0.15) is 6.92 Å². The standard InChI is InChI=1S/C10H20N2O3/c1-2-15-10(13)9-11-3-4-12-5-7-14-8-6-12/h11H,2-9H2,1H3/p+1. The van der Waals surface area contributed by atoms with Crippen molar-refractivity contribution < 1.29 is 14.3 Å². The van der Waals surface area contributed by atoms with Crippen molar-refractivity contribution in [3.63, 3.8) is 0 Å². The fourth-order valence-electron chi connectivity index (χ4n) is 1.47. The molecule has 1 fully saturated rings. The minimum atomic E-state index is 0.0690. The van der Waals surface area contributed by atoms with E-state index in [1.165, 1.54) is 0 Å². The summed E-state index contributed by atoms with van der Waals surface area (Å²) < 4.78 is 10.2. The Morgan fingerprint density at radius 2 is 2.20 bits per heavy atom. The van der Waals surface area contributed by atoms with E-state index in [-0.39, 0.29) is 5.97 Å². The van der Waals surface area contributed by atoms with Gasteiger partial charge in [0.05, 0.1) is 13.2 Å². The maximum atomic E-state index is 9.18. The fourth-order valence-corrected chi connectivity index (χ4v) is 1.47. The second kappa shape index (κ2) is 7.62. The summed E-state index contributed by atoms with van der Waals surface area (Å²) >= 11 is 0. The minimum Gasteiger partial charge on any atom is -0.379 e. The van der Waals surface area contributed by atoms with Gasteiger partial charge in [0.2, 0.25) is 0 Å². The molecule has 1 aliphatic heterocycles. The summed E-state index contributed by atoms with van der Waals surface area (Å²) in [4.78, 5) is 11.5. The lowest BCUT2D eigenvalue weighted by Gasteiger charge is -2.26. The van der Waals surface area contributed by atoms with Crippen LogP contribution in [0.15, 0.2) is 0 Å². The SMILES string of the molecule is CCOC(=[OH+])CNCCN1CCOCC1. The average Bonchev–Trinajstić information content (AvgIpc) is 2.26. The predicted octanol–water partition coefficient (Wildman–Crippen LogP) is -0.553. The molecule has 2 N–H and O–H groups in total. The number of rotatable bonds is 6. The molecule has 0 amide bonds. The maximum Gasteiger partial charge on any atom is 0.497 e. The van der Waals surface area contributed by atoms with Crippen LogP contribution in [0.2, 0.25) is 0 Å². The first-order valence-electron chi connectivity index (χ1n) is 5.51. The zero-order valence-electron chi connectivity index (χ0n) is 9.37. The first-order chi connectivity index (χ1) is 7.33. The van der Waals surface area contributed by atoms with E-state index in [0.717, 1.165) is 39.4 Å². The highest BCUT2D eigenvalue weighted by Crippen LogP contribution is 1.94. The van der Waals surface area contributed by atoms with Crippen LogP contribution in [-0.4, -0.2) is 68.2 Å². The van der Waals surface area contributed by atoms with E-state index >= 15 is 0 Å². The van der Waals surface area contributed by atoms with E-state index in [0.29, 0.717) is 13.2 Å². The van der Waals surface area contributed by atoms with E-state index in [9.17, 15) is 4.79 Å². The zero-order chi connectivity index (χ0) is 10.9. The van der Waals surface area contributed by atoms with E-state index in [1.54, 1.807) is 0 Å². The monoisotopic (exact) mass is 217 g/mol. The van der Waals surface area contributed by atoms with E-state index in [2.05, 4.69) is 10.2 Å². The van der Waals surface area contributed by atoms with Crippen molar-refractivity contribution in [1.29, 1.82) is 0 Å². The van der Waals surface area contributed by atoms with Gasteiger partial charge in [-0.05, 0) is 6.92 Å². The van der Waals surface area contributed by atoms with Crippen molar-refractivity contribution in [2.45, 2.75) is 6.92 Å². The number of nitrogens with one attached hydrogen (secondary N) is 1. The summed E-state index contributed by atoms with van der Waals surface area (Å²) in [6, 6.07) is 0. The normalized spacial score (nSPS) is 17.7. The van der Waals surface area contributed by atoms with Gasteiger partial charge in [-0.15, -0.1) is 0 Å². The number of nitrogens with zero attached hydrogens (tertiary/aromatic N) is 1. The van der Waals surface area contributed by atoms with Gasteiger partial charge in [0, 0.05) is 26.2 Å². The highest BCUT2D eigenvalue weighted by molar-refractivity contribution is 5.72. The number of ether oxygens (including phenoxy) is 2. The molecule has 0 unspecified atom stereocenters. The molecule has 88 valence electrons. The van der Waals surface area contributed by atoms with Crippen LogP contribution in [0.5, 0.6) is 0 Å². The lowest BCUT2D eigenvalue weighted by Crippen LogP contribution is -2.41. The topological polar surface area (TPSA) is 55.1 Å². The smallest absolute Gasteiger partial charge is 0.379 e. The van der Waals surface area contributed by atoms with Crippen molar-refractivity contribution in [2.75, 3.05) is 52.5 Å². The third-order valence-electron chi connectivity index (χ3n) is 2.30.